The van der Waals surface area contributed by atoms with Gasteiger partial charge in [-0.2, -0.15) is 0 Å². The van der Waals surface area contributed by atoms with Crippen LogP contribution in [0.15, 0.2) is 0 Å². The second-order valence-corrected chi connectivity index (χ2v) is 23.3. The lowest BCUT2D eigenvalue weighted by molar-refractivity contribution is -0.167. The van der Waals surface area contributed by atoms with E-state index in [1.165, 1.54) is 42.3 Å². The Morgan fingerprint density at radius 3 is 0.767 bits per heavy atom. The maximum atomic E-state index is 11.2. The number of rotatable bonds is 34. The van der Waals surface area contributed by atoms with E-state index >= 15 is 0 Å². The number of hydrogen-bond acceptors (Lipinski definition) is 33. The van der Waals surface area contributed by atoms with Crippen LogP contribution >= 0.6 is 0 Å². The summed E-state index contributed by atoms with van der Waals surface area (Å²) in [7, 11) is 4.98. The van der Waals surface area contributed by atoms with Gasteiger partial charge in [0.25, 0.3) is 0 Å². The van der Waals surface area contributed by atoms with Crippen molar-refractivity contribution >= 4 is 107 Å². The van der Waals surface area contributed by atoms with Crippen LogP contribution in [0.4, 0.5) is 0 Å². The molecule has 0 unspecified atom stereocenters. The molecule has 1 aliphatic rings. The van der Waals surface area contributed by atoms with Crippen LogP contribution in [0.5, 0.6) is 0 Å². The van der Waals surface area contributed by atoms with Crippen molar-refractivity contribution in [3.63, 3.8) is 0 Å². The highest BCUT2D eigenvalue weighted by atomic mass is 16.6. The number of ether oxygens (including phenoxy) is 15. The minimum absolute atomic E-state index is 0.0341. The van der Waals surface area contributed by atoms with Gasteiger partial charge in [0.05, 0.1) is 86.9 Å². The summed E-state index contributed by atoms with van der Waals surface area (Å²) in [5.74, 6) is -7.91. The first kappa shape index (κ1) is 110. The van der Waals surface area contributed by atoms with Crippen molar-refractivity contribution in [2.75, 3.05) is 74.7 Å². The second kappa shape index (κ2) is 71.5. The summed E-state index contributed by atoms with van der Waals surface area (Å²) in [6.07, 6.45) is 4.57. The number of methoxy groups -OCH3 is 4. The second-order valence-electron chi connectivity index (χ2n) is 23.3. The molecule has 103 heavy (non-hydrogen) atoms. The molecule has 1 aliphatic carbocycles. The minimum Gasteiger partial charge on any atom is -0.469 e. The zero-order valence-electron chi connectivity index (χ0n) is 65.2. The van der Waals surface area contributed by atoms with E-state index in [1.807, 2.05) is 27.7 Å². The van der Waals surface area contributed by atoms with Gasteiger partial charge in [-0.1, -0.05) is 40.5 Å². The molecule has 1 fully saturated rings. The van der Waals surface area contributed by atoms with Crippen LogP contribution in [0.3, 0.4) is 0 Å². The monoisotopic (exact) mass is 1490 g/mol. The van der Waals surface area contributed by atoms with Crippen LogP contribution in [-0.4, -0.2) is 205 Å². The number of carbonyl (C=O) groups excluding carboxylic acids is 18. The molecule has 0 atom stereocenters. The van der Waals surface area contributed by atoms with E-state index in [9.17, 15) is 86.3 Å². The normalized spacial score (nSPS) is 10.3. The van der Waals surface area contributed by atoms with Gasteiger partial charge in [-0.05, 0) is 142 Å². The van der Waals surface area contributed by atoms with Crippen LogP contribution in [0.25, 0.3) is 0 Å². The lowest BCUT2D eigenvalue weighted by Gasteiger charge is -2.21. The number of carbonyl (C=O) groups is 18. The van der Waals surface area contributed by atoms with Gasteiger partial charge in [-0.15, -0.1) is 0 Å². The Hall–Kier alpha value is -8.94. The molecule has 33 nitrogen and oxygen atoms in total. The van der Waals surface area contributed by atoms with E-state index < -0.39 is 101 Å². The molecule has 0 aromatic carbocycles. The highest BCUT2D eigenvalue weighted by Crippen LogP contribution is 2.30. The number of esters is 15. The molecule has 0 bridgehead atoms. The molecule has 0 spiro atoms. The first-order chi connectivity index (χ1) is 47.8. The number of Topliss-reactive ketones (excluding diaryl/α,β-unsaturated/α-hetero) is 3. The summed E-state index contributed by atoms with van der Waals surface area (Å²) in [6, 6.07) is 0. The van der Waals surface area contributed by atoms with Gasteiger partial charge in [0.2, 0.25) is 0 Å². The van der Waals surface area contributed by atoms with E-state index in [0.717, 1.165) is 51.4 Å². The topological polar surface area (TPSA) is 446 Å². The van der Waals surface area contributed by atoms with Crippen molar-refractivity contribution < 1.29 is 157 Å². The molecule has 598 valence electrons. The van der Waals surface area contributed by atoms with Gasteiger partial charge in [0.1, 0.15) is 86.3 Å². The zero-order chi connectivity index (χ0) is 81.7. The fraction of sp³-hybridized carbons (Fsp3) is 0.743. The van der Waals surface area contributed by atoms with Gasteiger partial charge in [-0.25, -0.2) is 0 Å². The standard InChI is InChI=1S/2C11H20O4.2C9H16O4.C7H12O4.C7H10O3.C6H10O3.C5H8O4.C5H8O3/c1-10(2,3)14-8(12)7-9(13)15-11(4,5)6;1-3-5-7-14-10(12)9-11(13)15-8-6-4-2;1-6(2)12-8(10)5-9(11)13-7(3)4;1-3-5-12-8(10)7-9(11)13-6-4-2;1-3-10-6(8)5-7(9)11-4-2;1-10-7(9)4-6(8)5-2-3-5;1-3-9-6(8)4-5(2)7;1-8-4(6)3-5(7)9-2;1-4(6)3-5(7)8-2/h7H2,1-6H3;3-9H2,1-2H3;6-7H,5H2,1-4H3;3-7H2,1-2H3;3-5H2,1-2H3;5H,2-4H2,1H3;3-4H2,1-2H3;3H2,1-2H3;3H2,1-2H3. The largest absolute Gasteiger partial charge is 0.469 e. The van der Waals surface area contributed by atoms with Crippen molar-refractivity contribution in [2.24, 2.45) is 5.92 Å². The fourth-order valence-electron chi connectivity index (χ4n) is 5.39. The third kappa shape index (κ3) is 102. The highest BCUT2D eigenvalue weighted by Gasteiger charge is 2.31. The molecule has 0 aromatic rings. The molecule has 0 saturated heterocycles. The lowest BCUT2D eigenvalue weighted by atomic mass is 10.2. The third-order valence-corrected chi connectivity index (χ3v) is 9.73. The van der Waals surface area contributed by atoms with Crippen molar-refractivity contribution in [1.29, 1.82) is 0 Å². The molecular formula is C70H120O33. The molecule has 0 radical (unpaired) electrons. The van der Waals surface area contributed by atoms with Crippen LogP contribution in [0.2, 0.25) is 0 Å². The SMILES string of the molecule is CC(C)(C)OC(=O)CC(=O)OC(C)(C)C.CC(C)OC(=O)CC(=O)OC(C)C.CCCCOC(=O)CC(=O)OCCCC.CCCOC(=O)CC(=O)OCCC.CCOC(=O)CC(=O)OCC.CCOC(=O)CC(C)=O.COC(=O)CC(=O)C1CC1.COC(=O)CC(=O)OC.COC(=O)CC(C)=O. The van der Waals surface area contributed by atoms with Crippen LogP contribution in [-0.2, 0) is 157 Å². The van der Waals surface area contributed by atoms with Gasteiger partial charge >= 0.3 is 89.5 Å². The maximum absolute atomic E-state index is 11.2. The quantitative estimate of drug-likeness (QED) is 0.0254. The predicted octanol–water partition coefficient (Wildman–Crippen LogP) is 8.11. The molecule has 1 rings (SSSR count). The van der Waals surface area contributed by atoms with Crippen LogP contribution in [0.1, 0.15) is 241 Å². The number of ketones is 3. The Kier molecular flexibility index (Phi) is 76.3. The summed E-state index contributed by atoms with van der Waals surface area (Å²) in [5.41, 5.74) is -1.14. The average molecular weight is 1490 g/mol. The molecular weight excluding hydrogens is 1370 g/mol. The summed E-state index contributed by atoms with van der Waals surface area (Å²) in [5, 5.41) is 0. The molecule has 33 heteroatoms. The van der Waals surface area contributed by atoms with Gasteiger partial charge < -0.3 is 71.1 Å². The van der Waals surface area contributed by atoms with Crippen molar-refractivity contribution in [3.8, 4) is 0 Å². The number of hydrogen-bond donors (Lipinski definition) is 0. The van der Waals surface area contributed by atoms with Crippen molar-refractivity contribution in [1.82, 2.24) is 0 Å². The Bertz CT molecular complexity index is 2360. The summed E-state index contributed by atoms with van der Waals surface area (Å²) < 4.78 is 69.0. The smallest absolute Gasteiger partial charge is 0.317 e. The average Bonchev–Trinajstić information content (AvgIpc) is 1.76. The van der Waals surface area contributed by atoms with E-state index in [-0.39, 0.29) is 106 Å². The van der Waals surface area contributed by atoms with E-state index in [0.29, 0.717) is 33.0 Å². The van der Waals surface area contributed by atoms with Crippen LogP contribution < -0.4 is 0 Å². The first-order valence-electron chi connectivity index (χ1n) is 33.5. The Balaban J connectivity index is -0.000000165. The molecule has 0 heterocycles. The summed E-state index contributed by atoms with van der Waals surface area (Å²) >= 11 is 0. The maximum Gasteiger partial charge on any atom is 0.317 e. The Morgan fingerprint density at radius 1 is 0.301 bits per heavy atom. The molecule has 0 amide bonds. The lowest BCUT2D eigenvalue weighted by Crippen LogP contribution is -2.29. The molecule has 0 aromatic heterocycles. The van der Waals surface area contributed by atoms with Gasteiger partial charge in [-0.3, -0.25) is 86.3 Å². The molecule has 1 saturated carbocycles. The summed E-state index contributed by atoms with van der Waals surface area (Å²) in [4.78, 5) is 192. The highest BCUT2D eigenvalue weighted by molar-refractivity contribution is 5.98. The summed E-state index contributed by atoms with van der Waals surface area (Å²) in [6.45, 7) is 35.4. The first-order valence-corrected chi connectivity index (χ1v) is 33.5. The zero-order valence-corrected chi connectivity index (χ0v) is 65.2. The molecule has 0 N–H and O–H groups in total. The predicted molar refractivity (Wildman–Crippen MR) is 367 cm³/mol. The Morgan fingerprint density at radius 2 is 0.534 bits per heavy atom. The van der Waals surface area contributed by atoms with Gasteiger partial charge in [0.15, 0.2) is 0 Å². The Labute approximate surface area is 607 Å². The number of unbranched alkanes of at least 4 members (excludes halogenated alkanes) is 2. The van der Waals surface area contributed by atoms with Crippen LogP contribution in [0, 0.1) is 5.92 Å². The van der Waals surface area contributed by atoms with E-state index in [1.54, 1.807) is 90.0 Å². The van der Waals surface area contributed by atoms with Gasteiger partial charge in [0, 0.05) is 5.92 Å². The van der Waals surface area contributed by atoms with Crippen molar-refractivity contribution in [2.45, 2.75) is 264 Å². The van der Waals surface area contributed by atoms with E-state index in [2.05, 4.69) is 33.2 Å². The van der Waals surface area contributed by atoms with Crippen molar-refractivity contribution in [3.05, 3.63) is 0 Å². The van der Waals surface area contributed by atoms with E-state index in [4.69, 9.17) is 37.9 Å². The molecule has 0 aliphatic heterocycles. The minimum atomic E-state index is -0.582. The fourth-order valence-corrected chi connectivity index (χ4v) is 5.39. The third-order valence-electron chi connectivity index (χ3n) is 9.73.